The van der Waals surface area contributed by atoms with Gasteiger partial charge in [0, 0.05) is 19.7 Å². The summed E-state index contributed by atoms with van der Waals surface area (Å²) in [5, 5.41) is 2.87. The summed E-state index contributed by atoms with van der Waals surface area (Å²) in [4.78, 5) is 11.9. The lowest BCUT2D eigenvalue weighted by molar-refractivity contribution is -0.131. The molecule has 0 saturated heterocycles. The number of amides is 1. The number of carbonyl (C=O) groups excluding carboxylic acids is 1. The molecule has 0 aliphatic carbocycles. The maximum absolute atomic E-state index is 11.9. The van der Waals surface area contributed by atoms with Crippen LogP contribution in [-0.2, 0) is 9.53 Å². The SMILES string of the molecule is CCOCCNC(=O)C(CC)(CC)CN. The van der Waals surface area contributed by atoms with Crippen LogP contribution < -0.4 is 11.1 Å². The third-order valence-corrected chi connectivity index (χ3v) is 2.96. The predicted molar refractivity (Wildman–Crippen MR) is 61.6 cm³/mol. The van der Waals surface area contributed by atoms with E-state index in [1.807, 2.05) is 20.8 Å². The van der Waals surface area contributed by atoms with Crippen molar-refractivity contribution >= 4 is 5.91 Å². The van der Waals surface area contributed by atoms with E-state index >= 15 is 0 Å². The minimum atomic E-state index is -0.397. The smallest absolute Gasteiger partial charge is 0.227 e. The molecule has 0 rings (SSSR count). The van der Waals surface area contributed by atoms with Gasteiger partial charge in [-0.1, -0.05) is 13.8 Å². The molecule has 0 aliphatic heterocycles. The topological polar surface area (TPSA) is 64.3 Å². The van der Waals surface area contributed by atoms with Crippen molar-refractivity contribution in [2.24, 2.45) is 11.1 Å². The van der Waals surface area contributed by atoms with Gasteiger partial charge >= 0.3 is 0 Å². The largest absolute Gasteiger partial charge is 0.380 e. The van der Waals surface area contributed by atoms with Crippen LogP contribution in [0.25, 0.3) is 0 Å². The van der Waals surface area contributed by atoms with Crippen molar-refractivity contribution in [1.82, 2.24) is 5.32 Å². The molecular weight excluding hydrogens is 192 g/mol. The highest BCUT2D eigenvalue weighted by Crippen LogP contribution is 2.24. The minimum Gasteiger partial charge on any atom is -0.380 e. The van der Waals surface area contributed by atoms with Gasteiger partial charge in [0.15, 0.2) is 0 Å². The Morgan fingerprint density at radius 2 is 1.93 bits per heavy atom. The summed E-state index contributed by atoms with van der Waals surface area (Å²) in [6.45, 7) is 8.14. The second-order valence-corrected chi connectivity index (χ2v) is 3.64. The Labute approximate surface area is 92.6 Å². The van der Waals surface area contributed by atoms with Crippen LogP contribution in [0.15, 0.2) is 0 Å². The van der Waals surface area contributed by atoms with Gasteiger partial charge < -0.3 is 15.8 Å². The van der Waals surface area contributed by atoms with E-state index in [0.717, 1.165) is 12.8 Å². The first-order valence-corrected chi connectivity index (χ1v) is 5.73. The van der Waals surface area contributed by atoms with Crippen molar-refractivity contribution in [1.29, 1.82) is 0 Å². The standard InChI is InChI=1S/C11H24N2O2/c1-4-11(5-2,9-12)10(14)13-7-8-15-6-3/h4-9,12H2,1-3H3,(H,13,14). The summed E-state index contributed by atoms with van der Waals surface area (Å²) in [7, 11) is 0. The summed E-state index contributed by atoms with van der Waals surface area (Å²) >= 11 is 0. The van der Waals surface area contributed by atoms with Crippen LogP contribution >= 0.6 is 0 Å². The minimum absolute atomic E-state index is 0.0507. The maximum Gasteiger partial charge on any atom is 0.227 e. The summed E-state index contributed by atoms with van der Waals surface area (Å²) in [6.07, 6.45) is 1.56. The highest BCUT2D eigenvalue weighted by molar-refractivity contribution is 5.82. The molecule has 0 radical (unpaired) electrons. The molecule has 0 fully saturated rings. The van der Waals surface area contributed by atoms with E-state index in [0.29, 0.717) is 26.3 Å². The van der Waals surface area contributed by atoms with Crippen molar-refractivity contribution in [2.45, 2.75) is 33.6 Å². The fourth-order valence-corrected chi connectivity index (χ4v) is 1.52. The highest BCUT2D eigenvalue weighted by Gasteiger charge is 2.32. The molecule has 4 heteroatoms. The molecule has 0 bridgehead atoms. The second kappa shape index (κ2) is 7.65. The van der Waals surface area contributed by atoms with Gasteiger partial charge in [-0.3, -0.25) is 4.79 Å². The second-order valence-electron chi connectivity index (χ2n) is 3.64. The Morgan fingerprint density at radius 1 is 1.33 bits per heavy atom. The van der Waals surface area contributed by atoms with E-state index in [1.165, 1.54) is 0 Å². The van der Waals surface area contributed by atoms with E-state index in [-0.39, 0.29) is 5.91 Å². The highest BCUT2D eigenvalue weighted by atomic mass is 16.5. The van der Waals surface area contributed by atoms with Crippen LogP contribution in [-0.4, -0.2) is 32.2 Å². The third-order valence-electron chi connectivity index (χ3n) is 2.96. The molecule has 3 N–H and O–H groups in total. The summed E-state index contributed by atoms with van der Waals surface area (Å²) < 4.78 is 5.15. The number of hydrogen-bond donors (Lipinski definition) is 2. The van der Waals surface area contributed by atoms with E-state index in [9.17, 15) is 4.79 Å². The molecule has 0 aromatic heterocycles. The molecule has 0 unspecified atom stereocenters. The molecule has 0 heterocycles. The lowest BCUT2D eigenvalue weighted by atomic mass is 9.81. The Kier molecular flexibility index (Phi) is 7.34. The number of rotatable bonds is 8. The maximum atomic E-state index is 11.9. The quantitative estimate of drug-likeness (QED) is 0.593. The average Bonchev–Trinajstić information content (AvgIpc) is 2.28. The van der Waals surface area contributed by atoms with Gasteiger partial charge in [-0.05, 0) is 19.8 Å². The van der Waals surface area contributed by atoms with Crippen molar-refractivity contribution < 1.29 is 9.53 Å². The zero-order valence-corrected chi connectivity index (χ0v) is 10.1. The van der Waals surface area contributed by atoms with Crippen molar-refractivity contribution in [2.75, 3.05) is 26.3 Å². The third kappa shape index (κ3) is 4.18. The molecule has 4 nitrogen and oxygen atoms in total. The van der Waals surface area contributed by atoms with Gasteiger partial charge in [-0.25, -0.2) is 0 Å². The van der Waals surface area contributed by atoms with Crippen LogP contribution in [0.3, 0.4) is 0 Å². The van der Waals surface area contributed by atoms with Gasteiger partial charge in [0.1, 0.15) is 0 Å². The predicted octanol–water partition coefficient (Wildman–Crippen LogP) is 0.904. The van der Waals surface area contributed by atoms with Crippen molar-refractivity contribution in [3.63, 3.8) is 0 Å². The Bertz CT molecular complexity index is 171. The Balaban J connectivity index is 4.04. The first-order chi connectivity index (χ1) is 7.16. The van der Waals surface area contributed by atoms with Gasteiger partial charge in [0.2, 0.25) is 5.91 Å². The van der Waals surface area contributed by atoms with E-state index < -0.39 is 5.41 Å². The normalized spacial score (nSPS) is 11.5. The Morgan fingerprint density at radius 3 is 2.33 bits per heavy atom. The molecule has 0 aromatic carbocycles. The first-order valence-electron chi connectivity index (χ1n) is 5.73. The average molecular weight is 216 g/mol. The molecular formula is C11H24N2O2. The van der Waals surface area contributed by atoms with Crippen LogP contribution in [0, 0.1) is 5.41 Å². The molecule has 15 heavy (non-hydrogen) atoms. The van der Waals surface area contributed by atoms with Crippen molar-refractivity contribution in [3.05, 3.63) is 0 Å². The van der Waals surface area contributed by atoms with Crippen LogP contribution in [0.5, 0.6) is 0 Å². The summed E-state index contributed by atoms with van der Waals surface area (Å²) in [6, 6.07) is 0. The number of nitrogens with one attached hydrogen (secondary N) is 1. The van der Waals surface area contributed by atoms with E-state index in [1.54, 1.807) is 0 Å². The molecule has 0 spiro atoms. The van der Waals surface area contributed by atoms with Crippen LogP contribution in [0.2, 0.25) is 0 Å². The number of hydrogen-bond acceptors (Lipinski definition) is 3. The lowest BCUT2D eigenvalue weighted by Crippen LogP contribution is -2.46. The molecule has 1 amide bonds. The van der Waals surface area contributed by atoms with E-state index in [2.05, 4.69) is 5.32 Å². The molecule has 0 saturated carbocycles. The van der Waals surface area contributed by atoms with Gasteiger partial charge in [-0.2, -0.15) is 0 Å². The van der Waals surface area contributed by atoms with Crippen LogP contribution in [0.4, 0.5) is 0 Å². The molecule has 0 aromatic rings. The van der Waals surface area contributed by atoms with Gasteiger partial charge in [-0.15, -0.1) is 0 Å². The van der Waals surface area contributed by atoms with Gasteiger partial charge in [0.05, 0.1) is 12.0 Å². The summed E-state index contributed by atoms with van der Waals surface area (Å²) in [5.41, 5.74) is 5.27. The first kappa shape index (κ1) is 14.4. The lowest BCUT2D eigenvalue weighted by Gasteiger charge is -2.28. The number of ether oxygens (including phenoxy) is 1. The molecule has 0 aliphatic rings. The zero-order chi connectivity index (χ0) is 11.7. The molecule has 0 atom stereocenters. The number of carbonyl (C=O) groups is 1. The van der Waals surface area contributed by atoms with Gasteiger partial charge in [0.25, 0.3) is 0 Å². The van der Waals surface area contributed by atoms with E-state index in [4.69, 9.17) is 10.5 Å². The fraction of sp³-hybridized carbons (Fsp3) is 0.909. The van der Waals surface area contributed by atoms with Crippen molar-refractivity contribution in [3.8, 4) is 0 Å². The fourth-order valence-electron chi connectivity index (χ4n) is 1.52. The number of nitrogens with two attached hydrogens (primary N) is 1. The van der Waals surface area contributed by atoms with Crippen LogP contribution in [0.1, 0.15) is 33.6 Å². The Hall–Kier alpha value is -0.610. The zero-order valence-electron chi connectivity index (χ0n) is 10.1. The monoisotopic (exact) mass is 216 g/mol. The molecule has 90 valence electrons. The summed E-state index contributed by atoms with van der Waals surface area (Å²) in [5.74, 6) is 0.0507.